The molecule has 0 fully saturated rings. The molecule has 98 valence electrons. The second-order valence-electron chi connectivity index (χ2n) is 4.08. The Morgan fingerprint density at radius 3 is 2.50 bits per heavy atom. The highest BCUT2D eigenvalue weighted by Crippen LogP contribution is 2.12. The van der Waals surface area contributed by atoms with Crippen molar-refractivity contribution in [3.8, 4) is 0 Å². The van der Waals surface area contributed by atoms with Crippen LogP contribution in [-0.4, -0.2) is 25.2 Å². The molecule has 0 radical (unpaired) electrons. The minimum atomic E-state index is -0.380. The summed E-state index contributed by atoms with van der Waals surface area (Å²) in [4.78, 5) is 22.5. The molecule has 4 nitrogen and oxygen atoms in total. The number of hydrogen-bond donors (Lipinski definition) is 0. The Bertz CT molecular complexity index is 391. The van der Waals surface area contributed by atoms with Crippen molar-refractivity contribution in [2.45, 2.75) is 26.2 Å². The van der Waals surface area contributed by atoms with Crippen molar-refractivity contribution < 1.29 is 19.1 Å². The Labute approximate surface area is 107 Å². The Hall–Kier alpha value is -1.84. The average molecular weight is 250 g/mol. The van der Waals surface area contributed by atoms with Gasteiger partial charge in [-0.15, -0.1) is 0 Å². The lowest BCUT2D eigenvalue weighted by Gasteiger charge is -2.06. The molecule has 0 atom stereocenters. The third-order valence-corrected chi connectivity index (χ3v) is 2.39. The molecule has 0 bridgehead atoms. The summed E-state index contributed by atoms with van der Waals surface area (Å²) in [7, 11) is 0. The van der Waals surface area contributed by atoms with E-state index in [2.05, 4.69) is 6.58 Å². The largest absolute Gasteiger partial charge is 0.462 e. The van der Waals surface area contributed by atoms with Gasteiger partial charge in [-0.1, -0.05) is 24.8 Å². The summed E-state index contributed by atoms with van der Waals surface area (Å²) in [5, 5.41) is 0. The molecule has 0 N–H and O–H groups in total. The molecule has 1 aliphatic rings. The zero-order valence-electron chi connectivity index (χ0n) is 10.6. The molecular formula is C14H18O4. The molecule has 0 heterocycles. The third-order valence-electron chi connectivity index (χ3n) is 2.39. The van der Waals surface area contributed by atoms with Crippen LogP contribution in [0.2, 0.25) is 0 Å². The molecule has 0 aromatic heterocycles. The van der Waals surface area contributed by atoms with Crippen molar-refractivity contribution >= 4 is 11.9 Å². The normalized spacial score (nSPS) is 13.1. The van der Waals surface area contributed by atoms with Gasteiger partial charge in [-0.2, -0.15) is 0 Å². The zero-order valence-corrected chi connectivity index (χ0v) is 10.6. The summed E-state index contributed by atoms with van der Waals surface area (Å²) >= 11 is 0. The molecule has 0 unspecified atom stereocenters. The van der Waals surface area contributed by atoms with E-state index in [1.807, 2.05) is 12.2 Å². The van der Waals surface area contributed by atoms with E-state index >= 15 is 0 Å². The van der Waals surface area contributed by atoms with E-state index in [0.717, 1.165) is 0 Å². The van der Waals surface area contributed by atoms with Crippen molar-refractivity contribution in [3.63, 3.8) is 0 Å². The Morgan fingerprint density at radius 2 is 1.94 bits per heavy atom. The molecular weight excluding hydrogens is 232 g/mol. The summed E-state index contributed by atoms with van der Waals surface area (Å²) in [6, 6.07) is 0. The third kappa shape index (κ3) is 4.99. The molecule has 0 saturated heterocycles. The van der Waals surface area contributed by atoms with E-state index in [-0.39, 0.29) is 11.9 Å². The fourth-order valence-electron chi connectivity index (χ4n) is 1.35. The molecule has 1 aliphatic carbocycles. The van der Waals surface area contributed by atoms with Gasteiger partial charge in [-0.25, -0.2) is 9.59 Å². The summed E-state index contributed by atoms with van der Waals surface area (Å²) < 4.78 is 9.99. The maximum atomic E-state index is 11.4. The van der Waals surface area contributed by atoms with Crippen molar-refractivity contribution in [1.82, 2.24) is 0 Å². The van der Waals surface area contributed by atoms with E-state index in [1.165, 1.54) is 0 Å². The first-order valence-corrected chi connectivity index (χ1v) is 5.96. The first-order chi connectivity index (χ1) is 8.61. The standard InChI is InChI=1S/C14H18O4/c1-11(2)13(15)17-9-5-6-10-18-14(16)12-7-3-4-8-12/h3-4,7H,1,5-6,8-10H2,2H3. The first kappa shape index (κ1) is 14.2. The molecule has 4 heteroatoms. The number of carbonyl (C=O) groups is 2. The van der Waals surface area contributed by atoms with Gasteiger partial charge in [0.05, 0.1) is 13.2 Å². The molecule has 1 rings (SSSR count). The maximum Gasteiger partial charge on any atom is 0.334 e. The van der Waals surface area contributed by atoms with Crippen molar-refractivity contribution in [2.24, 2.45) is 0 Å². The van der Waals surface area contributed by atoms with Crippen LogP contribution in [0.3, 0.4) is 0 Å². The van der Waals surface area contributed by atoms with Crippen LogP contribution in [0, 0.1) is 0 Å². The van der Waals surface area contributed by atoms with Gasteiger partial charge in [0.15, 0.2) is 0 Å². The van der Waals surface area contributed by atoms with Crippen LogP contribution in [-0.2, 0) is 19.1 Å². The Morgan fingerprint density at radius 1 is 1.28 bits per heavy atom. The van der Waals surface area contributed by atoms with Gasteiger partial charge in [-0.05, 0) is 26.2 Å². The first-order valence-electron chi connectivity index (χ1n) is 5.96. The van der Waals surface area contributed by atoms with Crippen LogP contribution < -0.4 is 0 Å². The highest BCUT2D eigenvalue weighted by molar-refractivity contribution is 5.89. The summed E-state index contributed by atoms with van der Waals surface area (Å²) in [6.45, 7) is 5.76. The zero-order chi connectivity index (χ0) is 13.4. The predicted octanol–water partition coefficient (Wildman–Crippen LogP) is 2.32. The second kappa shape index (κ2) is 7.48. The number of hydrogen-bond acceptors (Lipinski definition) is 4. The number of esters is 2. The summed E-state index contributed by atoms with van der Waals surface area (Å²) in [6.07, 6.45) is 7.51. The maximum absolute atomic E-state index is 11.4. The second-order valence-corrected chi connectivity index (χ2v) is 4.08. The highest BCUT2D eigenvalue weighted by Gasteiger charge is 2.11. The number of ether oxygens (including phenoxy) is 2. The molecule has 0 aliphatic heterocycles. The van der Waals surface area contributed by atoms with E-state index in [0.29, 0.717) is 43.6 Å². The molecule has 0 saturated carbocycles. The SMILES string of the molecule is C=C(C)C(=O)OCCCCOC(=O)C1=CC=CC1. The highest BCUT2D eigenvalue weighted by atomic mass is 16.5. The average Bonchev–Trinajstić information content (AvgIpc) is 2.86. The van der Waals surface area contributed by atoms with Crippen LogP contribution in [0.4, 0.5) is 0 Å². The monoisotopic (exact) mass is 250 g/mol. The number of carbonyl (C=O) groups excluding carboxylic acids is 2. The van der Waals surface area contributed by atoms with Crippen LogP contribution >= 0.6 is 0 Å². The topological polar surface area (TPSA) is 52.6 Å². The summed E-state index contributed by atoms with van der Waals surface area (Å²) in [5.41, 5.74) is 1.07. The number of unbranched alkanes of at least 4 members (excludes halogenated alkanes) is 1. The van der Waals surface area contributed by atoms with E-state index in [1.54, 1.807) is 13.0 Å². The Balaban J connectivity index is 2.00. The van der Waals surface area contributed by atoms with Crippen molar-refractivity contribution in [2.75, 3.05) is 13.2 Å². The predicted molar refractivity (Wildman–Crippen MR) is 67.8 cm³/mol. The molecule has 0 amide bonds. The fraction of sp³-hybridized carbons (Fsp3) is 0.429. The minimum Gasteiger partial charge on any atom is -0.462 e. The van der Waals surface area contributed by atoms with Gasteiger partial charge < -0.3 is 9.47 Å². The van der Waals surface area contributed by atoms with Gasteiger partial charge in [-0.3, -0.25) is 0 Å². The Kier molecular flexibility index (Phi) is 5.91. The quantitative estimate of drug-likeness (QED) is 0.395. The van der Waals surface area contributed by atoms with Crippen molar-refractivity contribution in [3.05, 3.63) is 36.0 Å². The summed E-state index contributed by atoms with van der Waals surface area (Å²) in [5.74, 6) is -0.645. The molecule has 0 aromatic rings. The molecule has 0 spiro atoms. The minimum absolute atomic E-state index is 0.265. The van der Waals surface area contributed by atoms with Gasteiger partial charge in [0, 0.05) is 11.1 Å². The van der Waals surface area contributed by atoms with Crippen LogP contribution in [0.5, 0.6) is 0 Å². The van der Waals surface area contributed by atoms with Gasteiger partial charge >= 0.3 is 11.9 Å². The van der Waals surface area contributed by atoms with E-state index in [4.69, 9.17) is 9.47 Å². The van der Waals surface area contributed by atoms with E-state index < -0.39 is 0 Å². The van der Waals surface area contributed by atoms with Gasteiger partial charge in [0.25, 0.3) is 0 Å². The smallest absolute Gasteiger partial charge is 0.334 e. The number of rotatable bonds is 7. The van der Waals surface area contributed by atoms with Crippen LogP contribution in [0.25, 0.3) is 0 Å². The number of allylic oxidation sites excluding steroid dienone is 3. The molecule has 0 aromatic carbocycles. The molecule has 18 heavy (non-hydrogen) atoms. The fourth-order valence-corrected chi connectivity index (χ4v) is 1.35. The van der Waals surface area contributed by atoms with Crippen LogP contribution in [0.1, 0.15) is 26.2 Å². The van der Waals surface area contributed by atoms with Gasteiger partial charge in [0.1, 0.15) is 0 Å². The van der Waals surface area contributed by atoms with E-state index in [9.17, 15) is 9.59 Å². The lowest BCUT2D eigenvalue weighted by molar-refractivity contribution is -0.141. The van der Waals surface area contributed by atoms with Gasteiger partial charge in [0.2, 0.25) is 0 Å². The van der Waals surface area contributed by atoms with Crippen molar-refractivity contribution in [1.29, 1.82) is 0 Å². The lowest BCUT2D eigenvalue weighted by atomic mass is 10.2. The van der Waals surface area contributed by atoms with Crippen LogP contribution in [0.15, 0.2) is 36.0 Å². The lowest BCUT2D eigenvalue weighted by Crippen LogP contribution is -2.10.